The molecule has 0 spiro atoms. The largest absolute Gasteiger partial charge is 0.507 e. The number of rotatable bonds is 5. The summed E-state index contributed by atoms with van der Waals surface area (Å²) >= 11 is 12.4. The van der Waals surface area contributed by atoms with Gasteiger partial charge >= 0.3 is 6.16 Å². The van der Waals surface area contributed by atoms with Gasteiger partial charge in [-0.1, -0.05) is 35.3 Å². The van der Waals surface area contributed by atoms with Crippen LogP contribution < -0.4 is 16.4 Å². The Bertz CT molecular complexity index is 1100. The number of hydrogen-bond acceptors (Lipinski definition) is 5. The summed E-state index contributed by atoms with van der Waals surface area (Å²) in [6.07, 6.45) is 1.84. The van der Waals surface area contributed by atoms with E-state index in [4.69, 9.17) is 38.8 Å². The molecule has 0 radical (unpaired) electrons. The van der Waals surface area contributed by atoms with Crippen molar-refractivity contribution in [2.24, 2.45) is 5.73 Å². The van der Waals surface area contributed by atoms with Crippen LogP contribution in [-0.2, 0) is 14.3 Å². The van der Waals surface area contributed by atoms with Crippen LogP contribution in [0.4, 0.5) is 16.2 Å². The monoisotopic (exact) mass is 461 g/mol. The molecule has 0 fully saturated rings. The molecule has 5 N–H and O–H groups in total. The summed E-state index contributed by atoms with van der Waals surface area (Å²) in [5.41, 5.74) is 7.80. The molecular weight excluding hydrogens is 445 g/mol. The van der Waals surface area contributed by atoms with Crippen molar-refractivity contribution in [3.8, 4) is 0 Å². The van der Waals surface area contributed by atoms with E-state index < -0.39 is 24.2 Å². The van der Waals surface area contributed by atoms with E-state index in [2.05, 4.69) is 10.6 Å². The van der Waals surface area contributed by atoms with E-state index in [1.807, 2.05) is 0 Å². The molecule has 0 bridgehead atoms. The molecule has 0 aromatic heterocycles. The van der Waals surface area contributed by atoms with Crippen LogP contribution >= 0.6 is 23.2 Å². The van der Waals surface area contributed by atoms with E-state index in [1.165, 1.54) is 18.2 Å². The summed E-state index contributed by atoms with van der Waals surface area (Å²) in [5, 5.41) is 15.2. The third-order valence-corrected chi connectivity index (χ3v) is 4.78. The number of carbonyl (C=O) groups excluding carboxylic acids is 2. The van der Waals surface area contributed by atoms with Gasteiger partial charge in [-0.15, -0.1) is 0 Å². The van der Waals surface area contributed by atoms with Crippen molar-refractivity contribution in [3.63, 3.8) is 0 Å². The third kappa shape index (κ3) is 6.00. The van der Waals surface area contributed by atoms with Gasteiger partial charge in [-0.25, -0.2) is 4.79 Å². The van der Waals surface area contributed by atoms with Gasteiger partial charge in [0, 0.05) is 40.5 Å². The number of fused-ring (bicyclic) bond motifs is 1. The molecule has 1 unspecified atom stereocenters. The molecule has 3 rings (SSSR count). The number of nitrogens with one attached hydrogen (secondary N) is 2. The fourth-order valence-corrected chi connectivity index (χ4v) is 3.67. The van der Waals surface area contributed by atoms with Gasteiger partial charge in [-0.3, -0.25) is 9.59 Å². The second kappa shape index (κ2) is 9.55. The van der Waals surface area contributed by atoms with Gasteiger partial charge in [0.1, 0.15) is 0 Å². The molecule has 1 heterocycles. The standard InChI is InChI=1S/C21H17Cl2N3O5/c22-13-9-15(23)20-12(8-19(31-21(29)30)26-16(20)10-13)7-18(28)25-14-4-1-11(2-5-14)3-6-17(24)27/h1-7,9-10,19,26H,8H2,(H2,24,27)(H,25,28)(H,29,30)/b6-3+,12-7+. The average molecular weight is 462 g/mol. The zero-order chi connectivity index (χ0) is 22.5. The Morgan fingerprint density at radius 1 is 1.19 bits per heavy atom. The predicted molar refractivity (Wildman–Crippen MR) is 119 cm³/mol. The molecular formula is C21H17Cl2N3O5. The Labute approximate surface area is 187 Å². The lowest BCUT2D eigenvalue weighted by Crippen LogP contribution is -2.30. The highest BCUT2D eigenvalue weighted by molar-refractivity contribution is 6.36. The van der Waals surface area contributed by atoms with E-state index in [0.717, 1.165) is 5.56 Å². The minimum Gasteiger partial charge on any atom is -0.450 e. The smallest absolute Gasteiger partial charge is 0.450 e. The van der Waals surface area contributed by atoms with Crippen LogP contribution in [0.25, 0.3) is 11.6 Å². The van der Waals surface area contributed by atoms with Crippen LogP contribution in [0.15, 0.2) is 48.6 Å². The normalized spacial score (nSPS) is 16.5. The number of anilines is 2. The number of hydrogen-bond donors (Lipinski definition) is 4. The molecule has 1 atom stereocenters. The lowest BCUT2D eigenvalue weighted by atomic mass is 9.95. The number of primary amides is 1. The summed E-state index contributed by atoms with van der Waals surface area (Å²) in [6.45, 7) is 0. The molecule has 1 aliphatic rings. The quantitative estimate of drug-likeness (QED) is 0.386. The van der Waals surface area contributed by atoms with Crippen molar-refractivity contribution in [1.82, 2.24) is 0 Å². The number of nitrogens with two attached hydrogens (primary N) is 1. The van der Waals surface area contributed by atoms with E-state index in [0.29, 0.717) is 32.6 Å². The van der Waals surface area contributed by atoms with Gasteiger partial charge in [-0.05, 0) is 41.5 Å². The van der Waals surface area contributed by atoms with Gasteiger partial charge in [0.05, 0.1) is 5.02 Å². The molecule has 10 heteroatoms. The predicted octanol–water partition coefficient (Wildman–Crippen LogP) is 4.35. The summed E-state index contributed by atoms with van der Waals surface area (Å²) in [4.78, 5) is 34.3. The Balaban J connectivity index is 1.83. The number of halogens is 2. The zero-order valence-electron chi connectivity index (χ0n) is 15.9. The van der Waals surface area contributed by atoms with E-state index in [1.54, 1.807) is 36.4 Å². The summed E-state index contributed by atoms with van der Waals surface area (Å²) in [7, 11) is 0. The van der Waals surface area contributed by atoms with Crippen molar-refractivity contribution in [2.45, 2.75) is 12.6 Å². The first-order chi connectivity index (χ1) is 14.7. The summed E-state index contributed by atoms with van der Waals surface area (Å²) in [5.74, 6) is -1.00. The molecule has 0 saturated heterocycles. The van der Waals surface area contributed by atoms with Gasteiger partial charge < -0.3 is 26.2 Å². The second-order valence-electron chi connectivity index (χ2n) is 6.55. The number of amides is 2. The molecule has 31 heavy (non-hydrogen) atoms. The fourth-order valence-electron chi connectivity index (χ4n) is 3.06. The van der Waals surface area contributed by atoms with E-state index in [9.17, 15) is 14.4 Å². The van der Waals surface area contributed by atoms with Crippen molar-refractivity contribution in [3.05, 3.63) is 69.7 Å². The Morgan fingerprint density at radius 2 is 1.90 bits per heavy atom. The minimum absolute atomic E-state index is 0.0882. The number of carboxylic acid groups (broad SMARTS) is 1. The molecule has 2 aromatic carbocycles. The topological polar surface area (TPSA) is 131 Å². The lowest BCUT2D eigenvalue weighted by molar-refractivity contribution is -0.113. The number of ether oxygens (including phenoxy) is 1. The van der Waals surface area contributed by atoms with Gasteiger partial charge in [0.2, 0.25) is 11.8 Å². The van der Waals surface area contributed by atoms with E-state index in [-0.39, 0.29) is 6.42 Å². The highest BCUT2D eigenvalue weighted by Gasteiger charge is 2.27. The molecule has 0 aliphatic carbocycles. The van der Waals surface area contributed by atoms with Crippen LogP contribution in [-0.4, -0.2) is 29.3 Å². The second-order valence-corrected chi connectivity index (χ2v) is 7.39. The Morgan fingerprint density at radius 3 is 2.55 bits per heavy atom. The molecule has 0 saturated carbocycles. The summed E-state index contributed by atoms with van der Waals surface area (Å²) in [6, 6.07) is 9.85. The maximum atomic E-state index is 12.6. The van der Waals surface area contributed by atoms with Crippen molar-refractivity contribution < 1.29 is 24.2 Å². The van der Waals surface area contributed by atoms with Crippen LogP contribution in [0.5, 0.6) is 0 Å². The van der Waals surface area contributed by atoms with E-state index >= 15 is 0 Å². The molecule has 2 amide bonds. The van der Waals surface area contributed by atoms with Gasteiger partial charge in [-0.2, -0.15) is 0 Å². The SMILES string of the molecule is NC(=O)/C=C/c1ccc(NC(=O)/C=C2\CC(OC(=O)O)Nc3cc(Cl)cc(Cl)c32)cc1. The Hall–Kier alpha value is -3.49. The molecule has 2 aromatic rings. The number of benzene rings is 2. The van der Waals surface area contributed by atoms with Crippen molar-refractivity contribution in [2.75, 3.05) is 10.6 Å². The molecule has 1 aliphatic heterocycles. The van der Waals surface area contributed by atoms with Crippen LogP contribution in [0.1, 0.15) is 17.5 Å². The van der Waals surface area contributed by atoms with Crippen molar-refractivity contribution >= 4 is 64.2 Å². The van der Waals surface area contributed by atoms with Gasteiger partial charge in [0.15, 0.2) is 6.23 Å². The maximum absolute atomic E-state index is 12.6. The van der Waals surface area contributed by atoms with Crippen LogP contribution in [0, 0.1) is 0 Å². The third-order valence-electron chi connectivity index (χ3n) is 4.26. The van der Waals surface area contributed by atoms with Gasteiger partial charge in [0.25, 0.3) is 0 Å². The average Bonchev–Trinajstić information content (AvgIpc) is 2.66. The highest BCUT2D eigenvalue weighted by atomic mass is 35.5. The Kier molecular flexibility index (Phi) is 6.84. The first-order valence-corrected chi connectivity index (χ1v) is 9.71. The maximum Gasteiger partial charge on any atom is 0.507 e. The van der Waals surface area contributed by atoms with Crippen molar-refractivity contribution in [1.29, 1.82) is 0 Å². The van der Waals surface area contributed by atoms with Crippen LogP contribution in [0.3, 0.4) is 0 Å². The first-order valence-electron chi connectivity index (χ1n) is 8.96. The van der Waals surface area contributed by atoms with Crippen LogP contribution in [0.2, 0.25) is 10.0 Å². The highest BCUT2D eigenvalue weighted by Crippen LogP contribution is 2.40. The lowest BCUT2D eigenvalue weighted by Gasteiger charge is -2.28. The fraction of sp³-hybridized carbons (Fsp3) is 0.0952. The summed E-state index contributed by atoms with van der Waals surface area (Å²) < 4.78 is 4.82. The molecule has 160 valence electrons. The number of carbonyl (C=O) groups is 3. The molecule has 8 nitrogen and oxygen atoms in total. The first kappa shape index (κ1) is 22.2. The minimum atomic E-state index is -1.46. The zero-order valence-corrected chi connectivity index (χ0v) is 17.4.